The van der Waals surface area contributed by atoms with Gasteiger partial charge in [-0.3, -0.25) is 4.79 Å². The van der Waals surface area contributed by atoms with Crippen molar-refractivity contribution in [2.24, 2.45) is 0 Å². The lowest BCUT2D eigenvalue weighted by atomic mass is 9.95. The molecule has 3 rings (SSSR count). The number of halogens is 1. The summed E-state index contributed by atoms with van der Waals surface area (Å²) in [6.07, 6.45) is 1.72. The summed E-state index contributed by atoms with van der Waals surface area (Å²) in [5, 5.41) is 3.01. The summed E-state index contributed by atoms with van der Waals surface area (Å²) in [5.41, 5.74) is 2.30. The van der Waals surface area contributed by atoms with Crippen molar-refractivity contribution in [2.75, 3.05) is 7.05 Å². The van der Waals surface area contributed by atoms with Crippen molar-refractivity contribution in [3.8, 4) is 0 Å². The number of hydrogen-bond acceptors (Lipinski definition) is 3. The van der Waals surface area contributed by atoms with Gasteiger partial charge in [-0.1, -0.05) is 52.3 Å². The Kier molecular flexibility index (Phi) is 5.50. The quantitative estimate of drug-likeness (QED) is 0.700. The Hall–Kier alpha value is -1.70. The standard InChI is InChI=1S/C19H21BrN2O3S/c1-21-26(24,25)13-15-4-2-14(3-5-15)12-22-18(23)19(10-11-19)16-6-8-17(20)9-7-16/h2-9,21H,10-13H2,1H3,(H,22,23). The van der Waals surface area contributed by atoms with E-state index in [1.165, 1.54) is 7.05 Å². The molecule has 7 heteroatoms. The van der Waals surface area contributed by atoms with Crippen LogP contribution in [0.4, 0.5) is 0 Å². The van der Waals surface area contributed by atoms with Crippen LogP contribution in [0.25, 0.3) is 0 Å². The first-order valence-electron chi connectivity index (χ1n) is 8.38. The molecule has 2 aromatic rings. The smallest absolute Gasteiger partial charge is 0.230 e. The number of rotatable bonds is 7. The molecule has 1 fully saturated rings. The highest BCUT2D eigenvalue weighted by Gasteiger charge is 2.50. The van der Waals surface area contributed by atoms with Crippen molar-refractivity contribution in [1.82, 2.24) is 10.0 Å². The van der Waals surface area contributed by atoms with Crippen molar-refractivity contribution < 1.29 is 13.2 Å². The average molecular weight is 437 g/mol. The molecule has 0 radical (unpaired) electrons. The van der Waals surface area contributed by atoms with Crippen molar-refractivity contribution in [3.63, 3.8) is 0 Å². The highest BCUT2D eigenvalue weighted by molar-refractivity contribution is 9.10. The molecule has 0 aromatic heterocycles. The second-order valence-electron chi connectivity index (χ2n) is 6.55. The van der Waals surface area contributed by atoms with Crippen LogP contribution in [-0.2, 0) is 32.5 Å². The molecule has 2 N–H and O–H groups in total. The van der Waals surface area contributed by atoms with Gasteiger partial charge in [-0.05, 0) is 48.7 Å². The summed E-state index contributed by atoms with van der Waals surface area (Å²) in [6, 6.07) is 15.2. The van der Waals surface area contributed by atoms with Gasteiger partial charge in [0.2, 0.25) is 15.9 Å². The molecule has 0 heterocycles. The summed E-state index contributed by atoms with van der Waals surface area (Å²) >= 11 is 3.42. The predicted molar refractivity (Wildman–Crippen MR) is 105 cm³/mol. The zero-order chi connectivity index (χ0) is 18.8. The summed E-state index contributed by atoms with van der Waals surface area (Å²) in [7, 11) is -1.88. The molecule has 0 saturated heterocycles. The molecule has 1 aliphatic carbocycles. The van der Waals surface area contributed by atoms with Gasteiger partial charge in [0.1, 0.15) is 0 Å². The van der Waals surface area contributed by atoms with E-state index < -0.39 is 15.4 Å². The monoisotopic (exact) mass is 436 g/mol. The number of carbonyl (C=O) groups excluding carboxylic acids is 1. The van der Waals surface area contributed by atoms with Gasteiger partial charge in [0.05, 0.1) is 11.2 Å². The highest BCUT2D eigenvalue weighted by atomic mass is 79.9. The van der Waals surface area contributed by atoms with Gasteiger partial charge >= 0.3 is 0 Å². The molecule has 5 nitrogen and oxygen atoms in total. The van der Waals surface area contributed by atoms with Gasteiger partial charge in [0.15, 0.2) is 0 Å². The molecule has 26 heavy (non-hydrogen) atoms. The molecular weight excluding hydrogens is 416 g/mol. The van der Waals surface area contributed by atoms with Gasteiger partial charge in [0, 0.05) is 11.0 Å². The Morgan fingerprint density at radius 3 is 2.15 bits per heavy atom. The SMILES string of the molecule is CNS(=O)(=O)Cc1ccc(CNC(=O)C2(c3ccc(Br)cc3)CC2)cc1. The van der Waals surface area contributed by atoms with Crippen LogP contribution in [-0.4, -0.2) is 21.4 Å². The molecule has 2 aromatic carbocycles. The first-order valence-corrected chi connectivity index (χ1v) is 10.8. The molecular formula is C19H21BrN2O3S. The molecule has 0 unspecified atom stereocenters. The Bertz CT molecular complexity index is 889. The fourth-order valence-corrected chi connectivity index (χ4v) is 3.98. The second-order valence-corrected chi connectivity index (χ2v) is 9.39. The third-order valence-corrected chi connectivity index (χ3v) is 6.59. The average Bonchev–Trinajstić information content (AvgIpc) is 3.43. The fourth-order valence-electron chi connectivity index (χ4n) is 2.94. The first-order chi connectivity index (χ1) is 12.3. The Morgan fingerprint density at radius 2 is 1.62 bits per heavy atom. The zero-order valence-corrected chi connectivity index (χ0v) is 16.9. The van der Waals surface area contributed by atoms with Gasteiger partial charge < -0.3 is 5.32 Å². The van der Waals surface area contributed by atoms with E-state index >= 15 is 0 Å². The summed E-state index contributed by atoms with van der Waals surface area (Å²) < 4.78 is 26.4. The van der Waals surface area contributed by atoms with E-state index in [0.717, 1.165) is 28.4 Å². The van der Waals surface area contributed by atoms with E-state index in [1.54, 1.807) is 12.1 Å². The topological polar surface area (TPSA) is 75.3 Å². The second kappa shape index (κ2) is 7.50. The molecule has 0 aliphatic heterocycles. The van der Waals surface area contributed by atoms with Crippen LogP contribution in [0.2, 0.25) is 0 Å². The van der Waals surface area contributed by atoms with Gasteiger partial charge in [-0.25, -0.2) is 13.1 Å². The number of hydrogen-bond donors (Lipinski definition) is 2. The molecule has 1 aliphatic rings. The molecule has 0 spiro atoms. The maximum Gasteiger partial charge on any atom is 0.230 e. The predicted octanol–water partition coefficient (Wildman–Crippen LogP) is 2.85. The minimum Gasteiger partial charge on any atom is -0.351 e. The lowest BCUT2D eigenvalue weighted by Crippen LogP contribution is -2.34. The van der Waals surface area contributed by atoms with Crippen molar-refractivity contribution in [2.45, 2.75) is 30.6 Å². The van der Waals surface area contributed by atoms with E-state index in [9.17, 15) is 13.2 Å². The maximum absolute atomic E-state index is 12.7. The summed E-state index contributed by atoms with van der Waals surface area (Å²) in [6.45, 7) is 0.427. The van der Waals surface area contributed by atoms with Crippen LogP contribution in [0.3, 0.4) is 0 Å². The van der Waals surface area contributed by atoms with Crippen LogP contribution in [0, 0.1) is 0 Å². The molecule has 0 atom stereocenters. The van der Waals surface area contributed by atoms with E-state index in [0.29, 0.717) is 12.1 Å². The van der Waals surface area contributed by atoms with Crippen LogP contribution < -0.4 is 10.0 Å². The lowest BCUT2D eigenvalue weighted by Gasteiger charge is -2.16. The number of carbonyl (C=O) groups is 1. The minimum absolute atomic E-state index is 0.0432. The van der Waals surface area contributed by atoms with Gasteiger partial charge in [-0.15, -0.1) is 0 Å². The zero-order valence-electron chi connectivity index (χ0n) is 14.5. The van der Waals surface area contributed by atoms with Crippen LogP contribution >= 0.6 is 15.9 Å². The lowest BCUT2D eigenvalue weighted by molar-refractivity contribution is -0.123. The third kappa shape index (κ3) is 4.34. The van der Waals surface area contributed by atoms with E-state index in [2.05, 4.69) is 26.0 Å². The van der Waals surface area contributed by atoms with E-state index in [4.69, 9.17) is 0 Å². The van der Waals surface area contributed by atoms with Crippen LogP contribution in [0.5, 0.6) is 0 Å². The third-order valence-electron chi connectivity index (χ3n) is 4.73. The Balaban J connectivity index is 1.60. The first kappa shape index (κ1) is 19.1. The van der Waals surface area contributed by atoms with Crippen molar-refractivity contribution in [1.29, 1.82) is 0 Å². The molecule has 138 valence electrons. The largest absolute Gasteiger partial charge is 0.351 e. The van der Waals surface area contributed by atoms with E-state index in [1.807, 2.05) is 36.4 Å². The summed E-state index contributed by atoms with van der Waals surface area (Å²) in [5.74, 6) is -0.00956. The van der Waals surface area contributed by atoms with Crippen LogP contribution in [0.1, 0.15) is 29.5 Å². The van der Waals surface area contributed by atoms with Gasteiger partial charge in [0.25, 0.3) is 0 Å². The number of amides is 1. The Morgan fingerprint density at radius 1 is 1.04 bits per heavy atom. The highest BCUT2D eigenvalue weighted by Crippen LogP contribution is 2.48. The van der Waals surface area contributed by atoms with E-state index in [-0.39, 0.29) is 11.7 Å². The molecule has 1 amide bonds. The Labute approximate surface area is 162 Å². The normalized spacial score (nSPS) is 15.5. The molecule has 1 saturated carbocycles. The number of benzene rings is 2. The van der Waals surface area contributed by atoms with Crippen molar-refractivity contribution >= 4 is 31.9 Å². The number of nitrogens with one attached hydrogen (secondary N) is 2. The number of sulfonamides is 1. The van der Waals surface area contributed by atoms with Gasteiger partial charge in [-0.2, -0.15) is 0 Å². The minimum atomic E-state index is -3.28. The maximum atomic E-state index is 12.7. The summed E-state index contributed by atoms with van der Waals surface area (Å²) in [4.78, 5) is 12.7. The van der Waals surface area contributed by atoms with Crippen molar-refractivity contribution in [3.05, 3.63) is 69.7 Å². The fraction of sp³-hybridized carbons (Fsp3) is 0.316. The van der Waals surface area contributed by atoms with Crippen LogP contribution in [0.15, 0.2) is 53.0 Å². The molecule has 0 bridgehead atoms.